The highest BCUT2D eigenvalue weighted by molar-refractivity contribution is 7.13. The quantitative estimate of drug-likeness (QED) is 0.292. The van der Waals surface area contributed by atoms with Crippen LogP contribution in [0.4, 0.5) is 4.79 Å². The molecule has 2 amide bonds. The van der Waals surface area contributed by atoms with Gasteiger partial charge in [-0.05, 0) is 79.4 Å². The number of carbonyl (C=O) groups is 1. The summed E-state index contributed by atoms with van der Waals surface area (Å²) in [5.41, 5.74) is 4.92. The van der Waals surface area contributed by atoms with Crippen LogP contribution in [0.5, 0.6) is 0 Å². The zero-order chi connectivity index (χ0) is 24.1. The summed E-state index contributed by atoms with van der Waals surface area (Å²) < 4.78 is 2.42. The molecule has 5 heteroatoms. The van der Waals surface area contributed by atoms with E-state index in [0.29, 0.717) is 6.54 Å². The highest BCUT2D eigenvalue weighted by Gasteiger charge is 2.51. The topological polar surface area (TPSA) is 46.1 Å². The van der Waals surface area contributed by atoms with Gasteiger partial charge in [-0.15, -0.1) is 11.3 Å². The van der Waals surface area contributed by atoms with Crippen molar-refractivity contribution in [3.63, 3.8) is 0 Å². The second kappa shape index (κ2) is 8.81. The van der Waals surface area contributed by atoms with Gasteiger partial charge in [0.1, 0.15) is 0 Å². The van der Waals surface area contributed by atoms with Crippen LogP contribution in [0, 0.1) is 17.8 Å². The molecule has 0 saturated heterocycles. The Balaban J connectivity index is 1.19. The molecule has 4 aliphatic rings. The average Bonchev–Trinajstić information content (AvgIpc) is 3.49. The summed E-state index contributed by atoms with van der Waals surface area (Å²) in [5.74, 6) is 2.45. The summed E-state index contributed by atoms with van der Waals surface area (Å²) in [6, 6.07) is 23.5. The Bertz CT molecular complexity index is 1350. The van der Waals surface area contributed by atoms with Gasteiger partial charge in [-0.3, -0.25) is 0 Å². The number of thiophene rings is 1. The number of para-hydroxylation sites is 1. The Morgan fingerprint density at radius 1 is 0.889 bits per heavy atom. The van der Waals surface area contributed by atoms with Crippen LogP contribution in [0.2, 0.25) is 0 Å². The van der Waals surface area contributed by atoms with Crippen molar-refractivity contribution in [1.82, 2.24) is 15.2 Å². The van der Waals surface area contributed by atoms with E-state index in [0.717, 1.165) is 24.3 Å². The molecule has 2 N–H and O–H groups in total. The molecular formula is C31H33N3OS. The van der Waals surface area contributed by atoms with Crippen molar-refractivity contribution in [2.75, 3.05) is 0 Å². The van der Waals surface area contributed by atoms with E-state index in [1.807, 2.05) is 0 Å². The third-order valence-electron chi connectivity index (χ3n) is 8.86. The molecule has 2 aromatic carbocycles. The van der Waals surface area contributed by atoms with Crippen LogP contribution in [-0.2, 0) is 13.1 Å². The van der Waals surface area contributed by atoms with Gasteiger partial charge >= 0.3 is 6.03 Å². The molecule has 0 spiro atoms. The highest BCUT2D eigenvalue weighted by atomic mass is 32.1. The van der Waals surface area contributed by atoms with Gasteiger partial charge in [-0.1, -0.05) is 54.6 Å². The standard InChI is InChI=1S/C31H33N3OS/c35-30(33-31-16-22-13-23(17-31)15-24(14-22)18-31)32-19-26-25-9-4-5-10-27(25)34(20-21-7-2-1-3-8-21)29(26)28-11-6-12-36-28/h1-12,22-24H,13-20H2,(H2,32,33,35). The molecule has 4 nitrogen and oxygen atoms in total. The minimum atomic E-state index is -0.00558. The molecule has 4 bridgehead atoms. The number of carbonyl (C=O) groups excluding carboxylic acids is 1. The van der Waals surface area contributed by atoms with Crippen molar-refractivity contribution in [3.8, 4) is 10.6 Å². The number of fused-ring (bicyclic) bond motifs is 1. The fourth-order valence-electron chi connectivity index (χ4n) is 7.90. The predicted octanol–water partition coefficient (Wildman–Crippen LogP) is 7.19. The first-order chi connectivity index (χ1) is 17.7. The van der Waals surface area contributed by atoms with Crippen molar-refractivity contribution in [1.29, 1.82) is 0 Å². The molecular weight excluding hydrogens is 462 g/mol. The Kier molecular flexibility index (Phi) is 5.42. The lowest BCUT2D eigenvalue weighted by molar-refractivity contribution is -0.0135. The van der Waals surface area contributed by atoms with E-state index in [4.69, 9.17) is 0 Å². The molecule has 0 atom stereocenters. The molecule has 0 unspecified atom stereocenters. The molecule has 36 heavy (non-hydrogen) atoms. The summed E-state index contributed by atoms with van der Waals surface area (Å²) >= 11 is 1.76. The molecule has 4 saturated carbocycles. The van der Waals surface area contributed by atoms with Crippen molar-refractivity contribution >= 4 is 28.3 Å². The monoisotopic (exact) mass is 495 g/mol. The summed E-state index contributed by atoms with van der Waals surface area (Å²) in [6.07, 6.45) is 7.66. The van der Waals surface area contributed by atoms with Crippen LogP contribution < -0.4 is 10.6 Å². The number of nitrogens with zero attached hydrogens (tertiary/aromatic N) is 1. The highest BCUT2D eigenvalue weighted by Crippen LogP contribution is 2.55. The van der Waals surface area contributed by atoms with Gasteiger partial charge in [0, 0.05) is 35.1 Å². The van der Waals surface area contributed by atoms with Crippen LogP contribution in [0.25, 0.3) is 21.5 Å². The maximum atomic E-state index is 13.3. The number of hydrogen-bond donors (Lipinski definition) is 2. The molecule has 0 aliphatic heterocycles. The fourth-order valence-corrected chi connectivity index (χ4v) is 8.70. The van der Waals surface area contributed by atoms with E-state index in [2.05, 4.69) is 87.3 Å². The van der Waals surface area contributed by atoms with Crippen molar-refractivity contribution in [2.45, 2.75) is 57.2 Å². The average molecular weight is 496 g/mol. The van der Waals surface area contributed by atoms with E-state index < -0.39 is 0 Å². The van der Waals surface area contributed by atoms with Gasteiger partial charge in [-0.25, -0.2) is 4.79 Å². The molecule has 184 valence electrons. The molecule has 8 rings (SSSR count). The number of hydrogen-bond acceptors (Lipinski definition) is 2. The van der Waals surface area contributed by atoms with Gasteiger partial charge in [0.2, 0.25) is 0 Å². The fraction of sp³-hybridized carbons (Fsp3) is 0.387. The van der Waals surface area contributed by atoms with Crippen LogP contribution in [0.1, 0.15) is 49.7 Å². The second-order valence-electron chi connectivity index (χ2n) is 11.4. The third kappa shape index (κ3) is 3.94. The van der Waals surface area contributed by atoms with Gasteiger partial charge in [0.25, 0.3) is 0 Å². The zero-order valence-corrected chi connectivity index (χ0v) is 21.4. The lowest BCUT2D eigenvalue weighted by atomic mass is 9.53. The number of benzene rings is 2. The van der Waals surface area contributed by atoms with Crippen molar-refractivity contribution < 1.29 is 4.79 Å². The summed E-state index contributed by atoms with van der Waals surface area (Å²) in [6.45, 7) is 1.32. The minimum Gasteiger partial charge on any atom is -0.335 e. The molecule has 0 radical (unpaired) electrons. The van der Waals surface area contributed by atoms with Crippen LogP contribution in [0.15, 0.2) is 72.1 Å². The lowest BCUT2D eigenvalue weighted by Crippen LogP contribution is -2.61. The Morgan fingerprint density at radius 2 is 1.58 bits per heavy atom. The van der Waals surface area contributed by atoms with Gasteiger partial charge in [-0.2, -0.15) is 0 Å². The maximum absolute atomic E-state index is 13.3. The summed E-state index contributed by atoms with van der Waals surface area (Å²) in [5, 5.41) is 10.1. The van der Waals surface area contributed by atoms with E-state index in [9.17, 15) is 4.79 Å². The van der Waals surface area contributed by atoms with Gasteiger partial charge in [0.15, 0.2) is 0 Å². The Hall–Kier alpha value is -3.05. The number of nitrogens with one attached hydrogen (secondary N) is 2. The molecule has 4 aliphatic carbocycles. The number of amides is 2. The third-order valence-corrected chi connectivity index (χ3v) is 9.73. The molecule has 4 aromatic rings. The predicted molar refractivity (Wildman–Crippen MR) is 147 cm³/mol. The van der Waals surface area contributed by atoms with E-state index in [-0.39, 0.29) is 11.6 Å². The van der Waals surface area contributed by atoms with E-state index in [1.54, 1.807) is 11.3 Å². The largest absolute Gasteiger partial charge is 0.335 e. The molecule has 2 heterocycles. The zero-order valence-electron chi connectivity index (χ0n) is 20.6. The first kappa shape index (κ1) is 22.2. The number of aromatic nitrogens is 1. The normalized spacial score (nSPS) is 26.4. The second-order valence-corrected chi connectivity index (χ2v) is 12.3. The summed E-state index contributed by atoms with van der Waals surface area (Å²) in [4.78, 5) is 14.5. The Labute approximate surface area is 216 Å². The van der Waals surface area contributed by atoms with Crippen LogP contribution >= 0.6 is 11.3 Å². The SMILES string of the molecule is O=C(NCc1c(-c2cccs2)n(Cc2ccccc2)c2ccccc12)NC12CC3CC(CC(C3)C1)C2. The smallest absolute Gasteiger partial charge is 0.315 e. The number of urea groups is 1. The van der Waals surface area contributed by atoms with Gasteiger partial charge in [0.05, 0.1) is 10.6 Å². The van der Waals surface area contributed by atoms with E-state index in [1.165, 1.54) is 71.1 Å². The minimum absolute atomic E-state index is 0.00558. The summed E-state index contributed by atoms with van der Waals surface area (Å²) in [7, 11) is 0. The number of rotatable bonds is 6. The van der Waals surface area contributed by atoms with E-state index >= 15 is 0 Å². The lowest BCUT2D eigenvalue weighted by Gasteiger charge is -2.56. The Morgan fingerprint density at radius 3 is 2.28 bits per heavy atom. The van der Waals surface area contributed by atoms with Gasteiger partial charge < -0.3 is 15.2 Å². The maximum Gasteiger partial charge on any atom is 0.315 e. The van der Waals surface area contributed by atoms with Crippen molar-refractivity contribution in [3.05, 3.63) is 83.2 Å². The van der Waals surface area contributed by atoms with Crippen LogP contribution in [-0.4, -0.2) is 16.1 Å². The van der Waals surface area contributed by atoms with Crippen molar-refractivity contribution in [2.24, 2.45) is 17.8 Å². The molecule has 2 aromatic heterocycles. The van der Waals surface area contributed by atoms with Crippen LogP contribution in [0.3, 0.4) is 0 Å². The first-order valence-electron chi connectivity index (χ1n) is 13.4. The first-order valence-corrected chi connectivity index (χ1v) is 14.3. The molecule has 4 fully saturated rings.